The normalized spacial score (nSPS) is 22.2. The van der Waals surface area contributed by atoms with Crippen molar-refractivity contribution in [3.8, 4) is 0 Å². The Morgan fingerprint density at radius 1 is 1.23 bits per heavy atom. The van der Waals surface area contributed by atoms with Gasteiger partial charge in [-0.05, 0) is 30.7 Å². The van der Waals surface area contributed by atoms with Crippen LogP contribution < -0.4 is 5.32 Å². The minimum Gasteiger partial charge on any atom is -0.409 e. The highest BCUT2D eigenvalue weighted by Crippen LogP contribution is 2.33. The number of carbonyl (C=O) groups excluding carboxylic acids is 1. The zero-order valence-electron chi connectivity index (χ0n) is 11.9. The molecule has 1 saturated heterocycles. The van der Waals surface area contributed by atoms with Gasteiger partial charge in [-0.3, -0.25) is 4.79 Å². The molecule has 6 heteroatoms. The van der Waals surface area contributed by atoms with Gasteiger partial charge in [-0.1, -0.05) is 24.8 Å². The molecule has 1 fully saturated rings. The van der Waals surface area contributed by atoms with E-state index in [4.69, 9.17) is 0 Å². The number of aromatic nitrogens is 2. The molecule has 2 N–H and O–H groups in total. The van der Waals surface area contributed by atoms with Crippen molar-refractivity contribution in [2.24, 2.45) is 0 Å². The number of carbonyl (C=O) groups is 1. The van der Waals surface area contributed by atoms with Gasteiger partial charge >= 0.3 is 8.48 Å². The van der Waals surface area contributed by atoms with Crippen LogP contribution >= 0.6 is 0 Å². The number of pyridine rings is 1. The number of rotatable bonds is 1. The summed E-state index contributed by atoms with van der Waals surface area (Å²) in [5.74, 6) is 0. The van der Waals surface area contributed by atoms with E-state index in [1.165, 1.54) is 0 Å². The molecular weight excluding hydrogens is 294 g/mol. The van der Waals surface area contributed by atoms with E-state index in [-0.39, 0.29) is 5.53 Å². The van der Waals surface area contributed by atoms with E-state index < -0.39 is 8.48 Å². The number of nitrogens with one attached hydrogen (secondary N) is 1. The third kappa shape index (κ3) is 1.68. The van der Waals surface area contributed by atoms with Crippen molar-refractivity contribution in [2.75, 3.05) is 0 Å². The maximum absolute atomic E-state index is 12.5. The Kier molecular flexibility index (Phi) is 2.72. The molecule has 3 aromatic rings. The van der Waals surface area contributed by atoms with Gasteiger partial charge in [0.1, 0.15) is 5.65 Å². The molecule has 0 aliphatic carbocycles. The Morgan fingerprint density at radius 2 is 2.00 bits per heavy atom. The molecule has 0 bridgehead atoms. The van der Waals surface area contributed by atoms with Crippen LogP contribution in [0.1, 0.15) is 6.42 Å². The van der Waals surface area contributed by atoms with Crippen molar-refractivity contribution in [3.63, 3.8) is 0 Å². The summed E-state index contributed by atoms with van der Waals surface area (Å²) in [5, 5.41) is 4.68. The highest BCUT2D eigenvalue weighted by molar-refractivity contribution is 7.00. The second-order valence-corrected chi connectivity index (χ2v) is 8.64. The molecule has 1 unspecified atom stereocenters. The van der Waals surface area contributed by atoms with Gasteiger partial charge < -0.3 is 14.3 Å². The van der Waals surface area contributed by atoms with Crippen molar-refractivity contribution in [2.45, 2.75) is 12.5 Å². The van der Waals surface area contributed by atoms with Gasteiger partial charge in [0.2, 0.25) is 0 Å². The first-order valence-electron chi connectivity index (χ1n) is 7.17. The first kappa shape index (κ1) is 13.2. The Morgan fingerprint density at radius 3 is 2.82 bits per heavy atom. The van der Waals surface area contributed by atoms with E-state index in [9.17, 15) is 9.59 Å². The first-order chi connectivity index (χ1) is 10.6. The van der Waals surface area contributed by atoms with Crippen LogP contribution in [0.2, 0.25) is 6.04 Å². The fourth-order valence-electron chi connectivity index (χ4n) is 3.15. The summed E-state index contributed by atoms with van der Waals surface area (Å²) in [6, 6.07) is 12.0. The second kappa shape index (κ2) is 4.52. The van der Waals surface area contributed by atoms with Crippen LogP contribution in [0.3, 0.4) is 0 Å². The van der Waals surface area contributed by atoms with Crippen LogP contribution in [-0.4, -0.2) is 28.0 Å². The summed E-state index contributed by atoms with van der Waals surface area (Å²) < 4.78 is 1.78. The molecule has 2 aromatic heterocycles. The first-order valence-corrected chi connectivity index (χ1v) is 9.28. The minimum atomic E-state index is -3.39. The van der Waals surface area contributed by atoms with E-state index in [0.717, 1.165) is 16.3 Å². The van der Waals surface area contributed by atoms with Gasteiger partial charge in [-0.15, -0.1) is 0 Å². The predicted molar refractivity (Wildman–Crippen MR) is 87.7 cm³/mol. The highest BCUT2D eigenvalue weighted by Gasteiger charge is 2.48. The lowest BCUT2D eigenvalue weighted by molar-refractivity contribution is 0.253. The number of benzene rings is 1. The van der Waals surface area contributed by atoms with Gasteiger partial charge in [-0.2, -0.15) is 0 Å². The van der Waals surface area contributed by atoms with Crippen LogP contribution in [0.25, 0.3) is 21.9 Å². The maximum atomic E-state index is 12.5. The predicted octanol–water partition coefficient (Wildman–Crippen LogP) is 2.68. The number of fused-ring (bicyclic) bond motifs is 3. The second-order valence-electron chi connectivity index (χ2n) is 5.60. The number of hydrogen-bond acceptors (Lipinski definition) is 3. The summed E-state index contributed by atoms with van der Waals surface area (Å²) in [5.41, 5.74) is 1.86. The number of para-hydroxylation sites is 1. The lowest BCUT2D eigenvalue weighted by atomic mass is 10.2. The molecule has 1 aromatic carbocycles. The highest BCUT2D eigenvalue weighted by atomic mass is 28.4. The van der Waals surface area contributed by atoms with E-state index in [2.05, 4.69) is 16.9 Å². The SMILES string of the molecule is C=C1CC[Si](O)(n2c3ccccc3c3cccnc32)C(=O)N1. The Hall–Kier alpha value is -2.44. The third-order valence-corrected chi connectivity index (χ3v) is 7.22. The molecule has 1 aliphatic heterocycles. The summed E-state index contributed by atoms with van der Waals surface area (Å²) in [6.07, 6.45) is 2.28. The summed E-state index contributed by atoms with van der Waals surface area (Å²) >= 11 is 0. The molecule has 0 saturated carbocycles. The minimum absolute atomic E-state index is 0.322. The van der Waals surface area contributed by atoms with Crippen LogP contribution in [0.15, 0.2) is 54.9 Å². The number of allylic oxidation sites excluding steroid dienone is 1. The molecule has 110 valence electrons. The zero-order chi connectivity index (χ0) is 15.3. The van der Waals surface area contributed by atoms with Crippen LogP contribution in [0, 0.1) is 0 Å². The lowest BCUT2D eigenvalue weighted by Crippen LogP contribution is -2.59. The summed E-state index contributed by atoms with van der Waals surface area (Å²) in [6.45, 7) is 3.79. The van der Waals surface area contributed by atoms with Crippen molar-refractivity contribution >= 4 is 35.9 Å². The van der Waals surface area contributed by atoms with E-state index in [1.54, 1.807) is 10.4 Å². The molecule has 1 aliphatic rings. The number of amides is 1. The van der Waals surface area contributed by atoms with E-state index in [0.29, 0.717) is 23.8 Å². The van der Waals surface area contributed by atoms with Crippen molar-refractivity contribution in [3.05, 3.63) is 54.9 Å². The van der Waals surface area contributed by atoms with Gasteiger partial charge in [0.25, 0.3) is 5.53 Å². The quantitative estimate of drug-likeness (QED) is 0.679. The molecule has 0 radical (unpaired) electrons. The summed E-state index contributed by atoms with van der Waals surface area (Å²) in [4.78, 5) is 28.2. The third-order valence-electron chi connectivity index (χ3n) is 4.23. The van der Waals surface area contributed by atoms with Crippen LogP contribution in [0.4, 0.5) is 4.79 Å². The standard InChI is InChI=1S/C16H15N3O2Si/c1-11-8-10-22(21,16(20)18-11)19-14-7-3-2-5-12(14)13-6-4-9-17-15(13)19/h2-7,9,21H,1,8,10H2,(H,18,20). The molecule has 5 nitrogen and oxygen atoms in total. The van der Waals surface area contributed by atoms with Crippen LogP contribution in [-0.2, 0) is 0 Å². The fourth-order valence-corrected chi connectivity index (χ4v) is 5.95. The molecule has 4 rings (SSSR count). The largest absolute Gasteiger partial charge is 0.409 e. The smallest absolute Gasteiger partial charge is 0.403 e. The van der Waals surface area contributed by atoms with Gasteiger partial charge in [-0.25, -0.2) is 4.98 Å². The van der Waals surface area contributed by atoms with E-state index in [1.807, 2.05) is 36.4 Å². The summed E-state index contributed by atoms with van der Waals surface area (Å²) in [7, 11) is -3.39. The Balaban J connectivity index is 2.08. The molecule has 1 atom stereocenters. The van der Waals surface area contributed by atoms with Crippen LogP contribution in [0.5, 0.6) is 0 Å². The van der Waals surface area contributed by atoms with E-state index >= 15 is 0 Å². The van der Waals surface area contributed by atoms with Crippen molar-refractivity contribution in [1.29, 1.82) is 0 Å². The average Bonchev–Trinajstić information content (AvgIpc) is 2.87. The maximum Gasteiger partial charge on any atom is 0.403 e. The van der Waals surface area contributed by atoms with Crippen molar-refractivity contribution < 1.29 is 9.59 Å². The zero-order valence-corrected chi connectivity index (χ0v) is 12.9. The Bertz CT molecular complexity index is 880. The van der Waals surface area contributed by atoms with Gasteiger partial charge in [0, 0.05) is 28.2 Å². The number of hydrogen-bond donors (Lipinski definition) is 2. The molecule has 3 heterocycles. The van der Waals surface area contributed by atoms with Gasteiger partial charge in [0.15, 0.2) is 0 Å². The fraction of sp³-hybridized carbons (Fsp3) is 0.125. The molecular formula is C16H15N3O2Si. The average molecular weight is 309 g/mol. The molecule has 1 amide bonds. The lowest BCUT2D eigenvalue weighted by Gasteiger charge is -2.31. The molecule has 22 heavy (non-hydrogen) atoms. The topological polar surface area (TPSA) is 67.1 Å². The monoisotopic (exact) mass is 309 g/mol. The molecule has 0 spiro atoms. The van der Waals surface area contributed by atoms with Gasteiger partial charge in [0.05, 0.1) is 0 Å². The Labute approximate surface area is 128 Å². The van der Waals surface area contributed by atoms with Crippen molar-refractivity contribution in [1.82, 2.24) is 14.5 Å². The number of nitrogens with zero attached hydrogens (tertiary/aromatic N) is 2.